The Morgan fingerprint density at radius 2 is 2.18 bits per heavy atom. The number of methoxy groups -OCH3 is 1. The standard InChI is InChI=1S/C17H21NO4/c1-18-9-10-3-4-12(21-2)16-15(10)17(8-14(18)20)6-5-11(19)7-13(17)22-16/h3-6,11,13-14,19-20H,7-9H2,1-2H3. The molecule has 0 bridgehead atoms. The molecule has 0 saturated carbocycles. The molecule has 1 aromatic rings. The van der Waals surface area contributed by atoms with Crippen LogP contribution in [0.5, 0.6) is 11.5 Å². The smallest absolute Gasteiger partial charge is 0.166 e. The molecule has 2 heterocycles. The second-order valence-corrected chi connectivity index (χ2v) is 6.54. The molecule has 4 rings (SSSR count). The van der Waals surface area contributed by atoms with E-state index in [-0.39, 0.29) is 11.5 Å². The lowest BCUT2D eigenvalue weighted by Crippen LogP contribution is -2.45. The van der Waals surface area contributed by atoms with Gasteiger partial charge in [-0.2, -0.15) is 0 Å². The van der Waals surface area contributed by atoms with E-state index in [9.17, 15) is 10.2 Å². The Bertz CT molecular complexity index is 644. The molecule has 4 unspecified atom stereocenters. The SMILES string of the molecule is COc1ccc2c3c1OC1CC(O)C=CC31CC(O)N(C)C2. The van der Waals surface area contributed by atoms with E-state index in [1.807, 2.05) is 30.2 Å². The van der Waals surface area contributed by atoms with E-state index in [1.165, 1.54) is 0 Å². The maximum absolute atomic E-state index is 10.5. The van der Waals surface area contributed by atoms with Crippen molar-refractivity contribution in [2.45, 2.75) is 43.2 Å². The van der Waals surface area contributed by atoms with Crippen LogP contribution in [-0.4, -0.2) is 47.7 Å². The normalized spacial score (nSPS) is 36.3. The Morgan fingerprint density at radius 1 is 1.36 bits per heavy atom. The Hall–Kier alpha value is -1.56. The molecule has 22 heavy (non-hydrogen) atoms. The zero-order valence-electron chi connectivity index (χ0n) is 12.8. The fraction of sp³-hybridized carbons (Fsp3) is 0.529. The highest BCUT2D eigenvalue weighted by Gasteiger charge is 2.54. The summed E-state index contributed by atoms with van der Waals surface area (Å²) in [5.41, 5.74) is 1.88. The highest BCUT2D eigenvalue weighted by atomic mass is 16.5. The number of aliphatic hydroxyl groups is 2. The third-order valence-corrected chi connectivity index (χ3v) is 5.25. The molecule has 5 heteroatoms. The van der Waals surface area contributed by atoms with Crippen LogP contribution >= 0.6 is 0 Å². The predicted molar refractivity (Wildman–Crippen MR) is 80.9 cm³/mol. The van der Waals surface area contributed by atoms with Crippen molar-refractivity contribution >= 4 is 0 Å². The van der Waals surface area contributed by atoms with Gasteiger partial charge in [-0.05, 0) is 18.7 Å². The van der Waals surface area contributed by atoms with Crippen LogP contribution in [0.25, 0.3) is 0 Å². The highest BCUT2D eigenvalue weighted by molar-refractivity contribution is 5.61. The first-order valence-electron chi connectivity index (χ1n) is 7.68. The van der Waals surface area contributed by atoms with Crippen molar-refractivity contribution < 1.29 is 19.7 Å². The molecule has 2 aliphatic heterocycles. The summed E-state index contributed by atoms with van der Waals surface area (Å²) < 4.78 is 11.7. The van der Waals surface area contributed by atoms with Crippen LogP contribution in [0, 0.1) is 0 Å². The summed E-state index contributed by atoms with van der Waals surface area (Å²) in [5, 5.41) is 20.5. The molecule has 118 valence electrons. The fourth-order valence-corrected chi connectivity index (χ4v) is 4.10. The van der Waals surface area contributed by atoms with E-state index < -0.39 is 12.3 Å². The summed E-state index contributed by atoms with van der Waals surface area (Å²) in [4.78, 5) is 1.95. The van der Waals surface area contributed by atoms with Gasteiger partial charge < -0.3 is 19.7 Å². The molecule has 0 aromatic heterocycles. The minimum atomic E-state index is -0.546. The van der Waals surface area contributed by atoms with E-state index in [1.54, 1.807) is 7.11 Å². The minimum absolute atomic E-state index is 0.168. The van der Waals surface area contributed by atoms with Crippen molar-refractivity contribution in [2.24, 2.45) is 0 Å². The van der Waals surface area contributed by atoms with Crippen molar-refractivity contribution in [3.63, 3.8) is 0 Å². The number of ether oxygens (including phenoxy) is 2. The topological polar surface area (TPSA) is 62.2 Å². The van der Waals surface area contributed by atoms with Crippen LogP contribution in [0.1, 0.15) is 24.0 Å². The second-order valence-electron chi connectivity index (χ2n) is 6.54. The van der Waals surface area contributed by atoms with Gasteiger partial charge in [0, 0.05) is 24.9 Å². The summed E-state index contributed by atoms with van der Waals surface area (Å²) in [7, 11) is 3.56. The molecule has 2 N–H and O–H groups in total. The average molecular weight is 303 g/mol. The summed E-state index contributed by atoms with van der Waals surface area (Å²) in [5.74, 6) is 1.49. The number of benzene rings is 1. The molecule has 5 nitrogen and oxygen atoms in total. The number of rotatable bonds is 1. The molecule has 1 aliphatic carbocycles. The first-order chi connectivity index (χ1) is 10.5. The van der Waals surface area contributed by atoms with E-state index in [0.717, 1.165) is 22.6 Å². The minimum Gasteiger partial charge on any atom is -0.493 e. The lowest BCUT2D eigenvalue weighted by atomic mass is 9.69. The van der Waals surface area contributed by atoms with Gasteiger partial charge in [0.1, 0.15) is 12.3 Å². The van der Waals surface area contributed by atoms with E-state index >= 15 is 0 Å². The van der Waals surface area contributed by atoms with Crippen molar-refractivity contribution in [1.82, 2.24) is 4.90 Å². The number of nitrogens with zero attached hydrogens (tertiary/aromatic N) is 1. The predicted octanol–water partition coefficient (Wildman–Crippen LogP) is 1.17. The molecule has 1 aromatic carbocycles. The van der Waals surface area contributed by atoms with Gasteiger partial charge in [-0.3, -0.25) is 4.90 Å². The van der Waals surface area contributed by atoms with Gasteiger partial charge in [-0.15, -0.1) is 0 Å². The van der Waals surface area contributed by atoms with Gasteiger partial charge in [-0.1, -0.05) is 18.2 Å². The second kappa shape index (κ2) is 4.72. The number of hydrogen-bond acceptors (Lipinski definition) is 5. The van der Waals surface area contributed by atoms with Crippen molar-refractivity contribution in [3.8, 4) is 11.5 Å². The lowest BCUT2D eigenvalue weighted by molar-refractivity contribution is -0.0141. The Balaban J connectivity index is 1.96. The molecular formula is C17H21NO4. The van der Waals surface area contributed by atoms with Crippen LogP contribution in [0.2, 0.25) is 0 Å². The van der Waals surface area contributed by atoms with E-state index in [4.69, 9.17) is 9.47 Å². The van der Waals surface area contributed by atoms with Gasteiger partial charge in [0.2, 0.25) is 0 Å². The number of hydrogen-bond donors (Lipinski definition) is 2. The van der Waals surface area contributed by atoms with Crippen LogP contribution in [0.3, 0.4) is 0 Å². The van der Waals surface area contributed by atoms with Crippen LogP contribution in [-0.2, 0) is 12.0 Å². The molecule has 0 saturated heterocycles. The molecule has 0 amide bonds. The fourth-order valence-electron chi connectivity index (χ4n) is 4.10. The molecule has 0 fully saturated rings. The van der Waals surface area contributed by atoms with Crippen LogP contribution in [0.15, 0.2) is 24.3 Å². The molecule has 1 spiro atoms. The highest BCUT2D eigenvalue weighted by Crippen LogP contribution is 2.56. The van der Waals surface area contributed by atoms with Crippen LogP contribution < -0.4 is 9.47 Å². The van der Waals surface area contributed by atoms with Crippen molar-refractivity contribution in [2.75, 3.05) is 14.2 Å². The molecule has 3 aliphatic rings. The Kier molecular flexibility index (Phi) is 3.01. The lowest BCUT2D eigenvalue weighted by Gasteiger charge is -2.37. The summed E-state index contributed by atoms with van der Waals surface area (Å²) in [6, 6.07) is 3.98. The zero-order chi connectivity index (χ0) is 15.5. The molecule has 0 radical (unpaired) electrons. The first-order valence-corrected chi connectivity index (χ1v) is 7.68. The quantitative estimate of drug-likeness (QED) is 0.763. The first kappa shape index (κ1) is 14.1. The van der Waals surface area contributed by atoms with E-state index in [2.05, 4.69) is 6.07 Å². The van der Waals surface area contributed by atoms with Gasteiger partial charge in [0.05, 0.1) is 18.6 Å². The van der Waals surface area contributed by atoms with Gasteiger partial charge in [-0.25, -0.2) is 0 Å². The van der Waals surface area contributed by atoms with Crippen LogP contribution in [0.4, 0.5) is 0 Å². The zero-order valence-corrected chi connectivity index (χ0v) is 12.8. The van der Waals surface area contributed by atoms with Gasteiger partial charge >= 0.3 is 0 Å². The average Bonchev–Trinajstić information content (AvgIpc) is 2.76. The van der Waals surface area contributed by atoms with E-state index in [0.29, 0.717) is 19.4 Å². The third kappa shape index (κ3) is 1.76. The maximum Gasteiger partial charge on any atom is 0.166 e. The summed E-state index contributed by atoms with van der Waals surface area (Å²) >= 11 is 0. The third-order valence-electron chi connectivity index (χ3n) is 5.25. The van der Waals surface area contributed by atoms with Crippen molar-refractivity contribution in [3.05, 3.63) is 35.4 Å². The summed E-state index contributed by atoms with van der Waals surface area (Å²) in [6.45, 7) is 0.668. The largest absolute Gasteiger partial charge is 0.493 e. The maximum atomic E-state index is 10.5. The molecule has 4 atom stereocenters. The Morgan fingerprint density at radius 3 is 2.95 bits per heavy atom. The monoisotopic (exact) mass is 303 g/mol. The Labute approximate surface area is 129 Å². The van der Waals surface area contributed by atoms with Gasteiger partial charge in [0.15, 0.2) is 11.5 Å². The number of aliphatic hydroxyl groups excluding tert-OH is 2. The molecular weight excluding hydrogens is 282 g/mol. The summed E-state index contributed by atoms with van der Waals surface area (Å²) in [6.07, 6.45) is 3.74. The van der Waals surface area contributed by atoms with Gasteiger partial charge in [0.25, 0.3) is 0 Å². The van der Waals surface area contributed by atoms with Crippen molar-refractivity contribution in [1.29, 1.82) is 0 Å².